The highest BCUT2D eigenvalue weighted by atomic mass is 16.7. The van der Waals surface area contributed by atoms with Crippen LogP contribution in [-0.2, 0) is 37.8 Å². The first-order valence-corrected chi connectivity index (χ1v) is 17.3. The zero-order valence-corrected chi connectivity index (χ0v) is 29.7. The number of para-hydroxylation sites is 1. The van der Waals surface area contributed by atoms with Crippen LogP contribution in [0.4, 0.5) is 4.79 Å². The average molecular weight is 665 g/mol. The smallest absolute Gasteiger partial charge is 0.457 e. The summed E-state index contributed by atoms with van der Waals surface area (Å²) in [4.78, 5) is 44.9. The Morgan fingerprint density at radius 1 is 0.918 bits per heavy atom. The van der Waals surface area contributed by atoms with Crippen LogP contribution in [0.15, 0.2) is 87.8 Å². The third kappa shape index (κ3) is 8.12. The van der Waals surface area contributed by atoms with Gasteiger partial charge in [-0.05, 0) is 104 Å². The minimum Gasteiger partial charge on any atom is -0.457 e. The van der Waals surface area contributed by atoms with Crippen molar-refractivity contribution in [3.8, 4) is 11.4 Å². The Labute approximate surface area is 289 Å². The molecule has 2 aliphatic rings. The first kappa shape index (κ1) is 35.6. The van der Waals surface area contributed by atoms with Crippen molar-refractivity contribution < 1.29 is 23.8 Å². The zero-order chi connectivity index (χ0) is 35.1. The molecule has 5 rings (SSSR count). The van der Waals surface area contributed by atoms with Gasteiger partial charge in [0.25, 0.3) is 5.56 Å². The first-order chi connectivity index (χ1) is 23.5. The second-order valence-electron chi connectivity index (χ2n) is 13.5. The molecule has 1 aromatic carbocycles. The summed E-state index contributed by atoms with van der Waals surface area (Å²) in [5.74, 6) is -0.725. The number of ether oxygens (including phenoxy) is 3. The van der Waals surface area contributed by atoms with E-state index in [4.69, 9.17) is 19.2 Å². The van der Waals surface area contributed by atoms with E-state index in [0.717, 1.165) is 60.6 Å². The minimum atomic E-state index is -1.81. The highest BCUT2D eigenvalue weighted by Gasteiger charge is 2.51. The number of hydrogen-bond donors (Lipinski definition) is 0. The van der Waals surface area contributed by atoms with E-state index < -0.39 is 17.7 Å². The Bertz CT molecular complexity index is 1920. The van der Waals surface area contributed by atoms with Crippen LogP contribution >= 0.6 is 0 Å². The van der Waals surface area contributed by atoms with Crippen LogP contribution in [-0.4, -0.2) is 28.3 Å². The van der Waals surface area contributed by atoms with Crippen LogP contribution in [0.25, 0.3) is 22.3 Å². The number of cyclic esters (lactones) is 1. The molecular formula is C41H48N2O6. The third-order valence-corrected chi connectivity index (χ3v) is 9.43. The Morgan fingerprint density at radius 2 is 1.57 bits per heavy atom. The SMILES string of the molecule is CC[C@@]1(OC(=O)OCC=C(C)CCC=C(C)CCC=C(C)CCC=C(C)C)C(=O)OCc2c1cc1n(c2=O)Cc2cc3ccccc3nc2-1. The molecule has 3 aromatic rings. The van der Waals surface area contributed by atoms with Gasteiger partial charge in [-0.2, -0.15) is 0 Å². The molecule has 8 nitrogen and oxygen atoms in total. The normalized spacial score (nSPS) is 17.3. The number of allylic oxidation sites excluding steroid dienone is 7. The lowest BCUT2D eigenvalue weighted by Crippen LogP contribution is -2.47. The van der Waals surface area contributed by atoms with Crippen LogP contribution < -0.4 is 5.56 Å². The zero-order valence-electron chi connectivity index (χ0n) is 29.7. The van der Waals surface area contributed by atoms with Gasteiger partial charge in [-0.3, -0.25) is 4.79 Å². The standard InChI is InChI=1S/C41H48N2O6/c1-7-41(49-40(46)47-22-21-30(6)18-12-17-29(5)16-11-15-28(4)14-10-13-27(2)3)34-24-36-37-32(23-31-19-8-9-20-35(31)42-37)25-43(36)38(44)33(34)26-48-39(41)45/h8-9,13,15,17,19-21,23-24H,7,10-12,14,16,18,22,25-26H2,1-6H3/t41-/m0/s1. The lowest BCUT2D eigenvalue weighted by atomic mass is 9.85. The largest absolute Gasteiger partial charge is 0.510 e. The molecule has 0 fully saturated rings. The van der Waals surface area contributed by atoms with E-state index in [-0.39, 0.29) is 25.2 Å². The predicted molar refractivity (Wildman–Crippen MR) is 193 cm³/mol. The van der Waals surface area contributed by atoms with Gasteiger partial charge in [0.15, 0.2) is 0 Å². The molecule has 0 radical (unpaired) electrons. The van der Waals surface area contributed by atoms with Crippen molar-refractivity contribution in [3.63, 3.8) is 0 Å². The number of benzene rings is 1. The summed E-state index contributed by atoms with van der Waals surface area (Å²) in [7, 11) is 0. The Hall–Kier alpha value is -4.72. The summed E-state index contributed by atoms with van der Waals surface area (Å²) in [6, 6.07) is 11.6. The molecule has 0 amide bonds. The molecule has 1 atom stereocenters. The summed E-state index contributed by atoms with van der Waals surface area (Å²) in [5, 5.41) is 0.982. The minimum absolute atomic E-state index is 0.00307. The van der Waals surface area contributed by atoms with E-state index in [9.17, 15) is 14.4 Å². The fraction of sp³-hybridized carbons (Fsp3) is 0.415. The van der Waals surface area contributed by atoms with Crippen LogP contribution in [0, 0.1) is 0 Å². The van der Waals surface area contributed by atoms with Crippen molar-refractivity contribution in [3.05, 3.63) is 110 Å². The number of esters is 1. The van der Waals surface area contributed by atoms with E-state index in [1.807, 2.05) is 43.3 Å². The molecule has 258 valence electrons. The summed E-state index contributed by atoms with van der Waals surface area (Å²) in [5.41, 5.74) is 6.74. The van der Waals surface area contributed by atoms with Gasteiger partial charge in [-0.15, -0.1) is 0 Å². The van der Waals surface area contributed by atoms with E-state index in [0.29, 0.717) is 29.1 Å². The number of fused-ring (bicyclic) bond motifs is 5. The summed E-state index contributed by atoms with van der Waals surface area (Å²) < 4.78 is 18.3. The van der Waals surface area contributed by atoms with Gasteiger partial charge in [0.05, 0.1) is 29.0 Å². The van der Waals surface area contributed by atoms with Crippen molar-refractivity contribution in [1.29, 1.82) is 0 Å². The van der Waals surface area contributed by atoms with E-state index >= 15 is 0 Å². The number of carbonyl (C=O) groups is 2. The number of rotatable bonds is 13. The van der Waals surface area contributed by atoms with Crippen molar-refractivity contribution in [2.75, 3.05) is 6.61 Å². The van der Waals surface area contributed by atoms with Gasteiger partial charge >= 0.3 is 12.1 Å². The summed E-state index contributed by atoms with van der Waals surface area (Å²) in [6.07, 6.45) is 13.8. The molecule has 0 saturated heterocycles. The number of hydrogen-bond acceptors (Lipinski definition) is 7. The van der Waals surface area contributed by atoms with Crippen molar-refractivity contribution >= 4 is 23.0 Å². The summed E-state index contributed by atoms with van der Waals surface area (Å²) in [6.45, 7) is 12.5. The van der Waals surface area contributed by atoms with Gasteiger partial charge in [0, 0.05) is 16.5 Å². The van der Waals surface area contributed by atoms with Crippen molar-refractivity contribution in [2.24, 2.45) is 0 Å². The van der Waals surface area contributed by atoms with E-state index in [1.54, 1.807) is 17.6 Å². The molecule has 0 aliphatic carbocycles. The molecule has 8 heteroatoms. The van der Waals surface area contributed by atoms with Gasteiger partial charge in [0.1, 0.15) is 13.2 Å². The van der Waals surface area contributed by atoms with E-state index in [2.05, 4.69) is 45.9 Å². The van der Waals surface area contributed by atoms with Crippen LogP contribution in [0.5, 0.6) is 0 Å². The number of aromatic nitrogens is 2. The van der Waals surface area contributed by atoms with Gasteiger partial charge in [-0.1, -0.05) is 65.6 Å². The monoisotopic (exact) mass is 664 g/mol. The number of carbonyl (C=O) groups excluding carboxylic acids is 2. The lowest BCUT2D eigenvalue weighted by molar-refractivity contribution is -0.175. The second-order valence-corrected chi connectivity index (χ2v) is 13.5. The average Bonchev–Trinajstić information content (AvgIpc) is 3.42. The Morgan fingerprint density at radius 3 is 2.24 bits per heavy atom. The molecule has 2 aromatic heterocycles. The molecule has 0 N–H and O–H groups in total. The molecule has 49 heavy (non-hydrogen) atoms. The summed E-state index contributed by atoms with van der Waals surface area (Å²) >= 11 is 0. The maximum atomic E-state index is 13.7. The number of pyridine rings is 2. The maximum Gasteiger partial charge on any atom is 0.510 e. The molecule has 4 heterocycles. The predicted octanol–water partition coefficient (Wildman–Crippen LogP) is 9.39. The Kier molecular flexibility index (Phi) is 11.4. The van der Waals surface area contributed by atoms with Crippen LogP contribution in [0.3, 0.4) is 0 Å². The number of nitrogens with zero attached hydrogens (tertiary/aromatic N) is 2. The molecule has 0 saturated carbocycles. The maximum absolute atomic E-state index is 13.7. The van der Waals surface area contributed by atoms with Gasteiger partial charge in [0.2, 0.25) is 5.60 Å². The molecule has 0 spiro atoms. The van der Waals surface area contributed by atoms with E-state index in [1.165, 1.54) is 16.7 Å². The fourth-order valence-corrected chi connectivity index (χ4v) is 6.49. The highest BCUT2D eigenvalue weighted by molar-refractivity contribution is 5.87. The van der Waals surface area contributed by atoms with Gasteiger partial charge in [-0.25, -0.2) is 14.6 Å². The fourth-order valence-electron chi connectivity index (χ4n) is 6.49. The lowest BCUT2D eigenvalue weighted by Gasteiger charge is -2.35. The molecular weight excluding hydrogens is 616 g/mol. The van der Waals surface area contributed by atoms with Crippen LogP contribution in [0.2, 0.25) is 0 Å². The topological polar surface area (TPSA) is 96.7 Å². The third-order valence-electron chi connectivity index (χ3n) is 9.43. The molecule has 0 bridgehead atoms. The van der Waals surface area contributed by atoms with Crippen molar-refractivity contribution in [2.45, 2.75) is 105 Å². The molecule has 0 unspecified atom stereocenters. The van der Waals surface area contributed by atoms with Crippen LogP contribution in [0.1, 0.15) is 103 Å². The molecule has 2 aliphatic heterocycles. The Balaban J connectivity index is 1.20. The van der Waals surface area contributed by atoms with Gasteiger partial charge < -0.3 is 18.8 Å². The quantitative estimate of drug-likeness (QED) is 0.104. The van der Waals surface area contributed by atoms with Crippen molar-refractivity contribution in [1.82, 2.24) is 9.55 Å². The first-order valence-electron chi connectivity index (χ1n) is 17.3. The highest BCUT2D eigenvalue weighted by Crippen LogP contribution is 2.41. The second kappa shape index (κ2) is 15.7.